The normalized spacial score (nSPS) is 10.3. The smallest absolute Gasteiger partial charge is 0.274 e. The molecule has 0 saturated carbocycles. The van der Waals surface area contributed by atoms with Gasteiger partial charge in [0, 0.05) is 11.8 Å². The number of aryl methyl sites for hydroxylation is 2. The molecule has 24 heavy (non-hydrogen) atoms. The van der Waals surface area contributed by atoms with Gasteiger partial charge in [-0.3, -0.25) is 10.1 Å². The van der Waals surface area contributed by atoms with E-state index >= 15 is 0 Å². The van der Waals surface area contributed by atoms with Crippen LogP contribution in [0.2, 0.25) is 0 Å². The van der Waals surface area contributed by atoms with Crippen molar-refractivity contribution in [3.05, 3.63) is 63.2 Å². The monoisotopic (exact) mass is 343 g/mol. The fraction of sp³-hybridized carbons (Fsp3) is 0.278. The standard InChI is InChI=1S/C18H21N3O2S/c1-4-13-8-6-9-14(5-2)17(13)20-18(24)19-15-10-7-11-16(12(15)3)21(22)23/h6-11H,4-5H2,1-3H3,(H2,19,20,24). The molecule has 0 fully saturated rings. The van der Waals surface area contributed by atoms with Gasteiger partial charge in [-0.2, -0.15) is 0 Å². The van der Waals surface area contributed by atoms with Crippen LogP contribution in [0.4, 0.5) is 17.1 Å². The zero-order valence-corrected chi connectivity index (χ0v) is 14.9. The summed E-state index contributed by atoms with van der Waals surface area (Å²) in [5, 5.41) is 17.8. The van der Waals surface area contributed by atoms with Gasteiger partial charge in [0.25, 0.3) is 5.69 Å². The molecule has 0 atom stereocenters. The van der Waals surface area contributed by atoms with E-state index in [0.29, 0.717) is 16.4 Å². The molecule has 5 nitrogen and oxygen atoms in total. The molecule has 0 aliphatic carbocycles. The molecule has 2 aromatic carbocycles. The maximum atomic E-state index is 11.0. The van der Waals surface area contributed by atoms with Crippen LogP contribution in [0.3, 0.4) is 0 Å². The SMILES string of the molecule is CCc1cccc(CC)c1NC(=S)Nc1cccc([N+](=O)[O-])c1C. The number of nitro benzene ring substituents is 1. The lowest BCUT2D eigenvalue weighted by molar-refractivity contribution is -0.385. The van der Waals surface area contributed by atoms with E-state index in [-0.39, 0.29) is 5.69 Å². The van der Waals surface area contributed by atoms with Crippen LogP contribution in [0, 0.1) is 17.0 Å². The van der Waals surface area contributed by atoms with Crippen molar-refractivity contribution >= 4 is 34.4 Å². The summed E-state index contributed by atoms with van der Waals surface area (Å²) < 4.78 is 0. The van der Waals surface area contributed by atoms with Gasteiger partial charge in [-0.25, -0.2) is 0 Å². The summed E-state index contributed by atoms with van der Waals surface area (Å²) in [6.45, 7) is 5.91. The summed E-state index contributed by atoms with van der Waals surface area (Å²) in [4.78, 5) is 10.7. The summed E-state index contributed by atoms with van der Waals surface area (Å²) in [5.74, 6) is 0. The topological polar surface area (TPSA) is 67.2 Å². The lowest BCUT2D eigenvalue weighted by atomic mass is 10.0. The van der Waals surface area contributed by atoms with Crippen LogP contribution in [0.1, 0.15) is 30.5 Å². The average molecular weight is 343 g/mol. The van der Waals surface area contributed by atoms with E-state index in [1.54, 1.807) is 19.1 Å². The Balaban J connectivity index is 2.24. The number of hydrogen-bond acceptors (Lipinski definition) is 3. The highest BCUT2D eigenvalue weighted by molar-refractivity contribution is 7.80. The Bertz CT molecular complexity index is 753. The van der Waals surface area contributed by atoms with Gasteiger partial charge in [0.15, 0.2) is 5.11 Å². The highest BCUT2D eigenvalue weighted by Gasteiger charge is 2.14. The van der Waals surface area contributed by atoms with Crippen molar-refractivity contribution in [1.82, 2.24) is 0 Å². The summed E-state index contributed by atoms with van der Waals surface area (Å²) in [6, 6.07) is 11.1. The molecule has 0 radical (unpaired) electrons. The minimum Gasteiger partial charge on any atom is -0.332 e. The molecule has 126 valence electrons. The average Bonchev–Trinajstić information content (AvgIpc) is 2.56. The van der Waals surface area contributed by atoms with Crippen molar-refractivity contribution in [3.63, 3.8) is 0 Å². The van der Waals surface area contributed by atoms with E-state index in [0.717, 1.165) is 18.5 Å². The van der Waals surface area contributed by atoms with E-state index < -0.39 is 4.92 Å². The summed E-state index contributed by atoms with van der Waals surface area (Å²) in [6.07, 6.45) is 1.79. The summed E-state index contributed by atoms with van der Waals surface area (Å²) in [7, 11) is 0. The van der Waals surface area contributed by atoms with Crippen LogP contribution in [0.15, 0.2) is 36.4 Å². The second kappa shape index (κ2) is 7.88. The number of benzene rings is 2. The molecule has 0 aliphatic heterocycles. The number of hydrogen-bond donors (Lipinski definition) is 2. The Morgan fingerprint density at radius 3 is 2.21 bits per heavy atom. The fourth-order valence-electron chi connectivity index (χ4n) is 2.63. The van der Waals surface area contributed by atoms with Gasteiger partial charge in [0.1, 0.15) is 0 Å². The third-order valence-corrected chi connectivity index (χ3v) is 4.19. The first-order valence-corrected chi connectivity index (χ1v) is 8.31. The lowest BCUT2D eigenvalue weighted by Gasteiger charge is -2.17. The van der Waals surface area contributed by atoms with Crippen LogP contribution in [0.5, 0.6) is 0 Å². The molecule has 2 rings (SSSR count). The molecular weight excluding hydrogens is 322 g/mol. The van der Waals surface area contributed by atoms with Crippen molar-refractivity contribution in [2.45, 2.75) is 33.6 Å². The summed E-state index contributed by atoms with van der Waals surface area (Å²) in [5.41, 5.74) is 4.66. The number of nitrogens with one attached hydrogen (secondary N) is 2. The van der Waals surface area contributed by atoms with Crippen molar-refractivity contribution < 1.29 is 4.92 Å². The first-order valence-electron chi connectivity index (χ1n) is 7.90. The van der Waals surface area contributed by atoms with E-state index in [1.165, 1.54) is 17.2 Å². The van der Waals surface area contributed by atoms with Gasteiger partial charge in [0.2, 0.25) is 0 Å². The first kappa shape index (κ1) is 17.9. The van der Waals surface area contributed by atoms with Crippen molar-refractivity contribution in [3.8, 4) is 0 Å². The van der Waals surface area contributed by atoms with Crippen molar-refractivity contribution in [1.29, 1.82) is 0 Å². The molecule has 0 spiro atoms. The van der Waals surface area contributed by atoms with Crippen LogP contribution in [0.25, 0.3) is 0 Å². The molecule has 0 saturated heterocycles. The molecule has 2 N–H and O–H groups in total. The van der Waals surface area contributed by atoms with Gasteiger partial charge >= 0.3 is 0 Å². The maximum Gasteiger partial charge on any atom is 0.274 e. The second-order valence-corrected chi connectivity index (χ2v) is 5.85. The summed E-state index contributed by atoms with van der Waals surface area (Å²) >= 11 is 5.41. The van der Waals surface area contributed by atoms with Gasteiger partial charge < -0.3 is 10.6 Å². The van der Waals surface area contributed by atoms with Gasteiger partial charge in [-0.05, 0) is 49.2 Å². The number of para-hydroxylation sites is 1. The van der Waals surface area contributed by atoms with Crippen LogP contribution >= 0.6 is 12.2 Å². The van der Waals surface area contributed by atoms with E-state index in [2.05, 4.69) is 36.6 Å². The zero-order valence-electron chi connectivity index (χ0n) is 14.1. The predicted octanol–water partition coefficient (Wildman–Crippen LogP) is 4.84. The van der Waals surface area contributed by atoms with Crippen LogP contribution < -0.4 is 10.6 Å². The van der Waals surface area contributed by atoms with E-state index in [4.69, 9.17) is 12.2 Å². The largest absolute Gasteiger partial charge is 0.332 e. The Labute approximate surface area is 147 Å². The molecule has 0 amide bonds. The third kappa shape index (κ3) is 3.89. The molecule has 6 heteroatoms. The Morgan fingerprint density at radius 2 is 1.67 bits per heavy atom. The van der Waals surface area contributed by atoms with Gasteiger partial charge in [-0.1, -0.05) is 38.1 Å². The number of anilines is 2. The number of nitrogens with zero attached hydrogens (tertiary/aromatic N) is 1. The number of rotatable bonds is 5. The minimum absolute atomic E-state index is 0.0750. The highest BCUT2D eigenvalue weighted by atomic mass is 32.1. The molecule has 0 heterocycles. The number of thiocarbonyl (C=S) groups is 1. The van der Waals surface area contributed by atoms with Gasteiger partial charge in [0.05, 0.1) is 16.2 Å². The van der Waals surface area contributed by atoms with Crippen molar-refractivity contribution in [2.75, 3.05) is 10.6 Å². The first-order chi connectivity index (χ1) is 11.5. The molecule has 0 aliphatic rings. The number of nitro groups is 1. The molecule has 0 bridgehead atoms. The minimum atomic E-state index is -0.390. The van der Waals surface area contributed by atoms with Crippen LogP contribution in [-0.4, -0.2) is 10.0 Å². The van der Waals surface area contributed by atoms with E-state index in [1.807, 2.05) is 6.07 Å². The van der Waals surface area contributed by atoms with Crippen molar-refractivity contribution in [2.24, 2.45) is 0 Å². The van der Waals surface area contributed by atoms with Gasteiger partial charge in [-0.15, -0.1) is 0 Å². The lowest BCUT2D eigenvalue weighted by Crippen LogP contribution is -2.21. The Kier molecular flexibility index (Phi) is 5.87. The predicted molar refractivity (Wildman–Crippen MR) is 103 cm³/mol. The second-order valence-electron chi connectivity index (χ2n) is 5.44. The quantitative estimate of drug-likeness (QED) is 0.462. The molecule has 2 aromatic rings. The molecule has 0 unspecified atom stereocenters. The molecule has 0 aromatic heterocycles. The third-order valence-electron chi connectivity index (χ3n) is 3.99. The zero-order chi connectivity index (χ0) is 17.7. The maximum absolute atomic E-state index is 11.0. The fourth-order valence-corrected chi connectivity index (χ4v) is 2.84. The molecular formula is C18H21N3O2S. The Hall–Kier alpha value is -2.47. The highest BCUT2D eigenvalue weighted by Crippen LogP contribution is 2.26. The van der Waals surface area contributed by atoms with Crippen LogP contribution in [-0.2, 0) is 12.8 Å². The van der Waals surface area contributed by atoms with E-state index in [9.17, 15) is 10.1 Å². The Morgan fingerprint density at radius 1 is 1.08 bits per heavy atom.